The smallest absolute Gasteiger partial charge is 0.269 e. The Kier molecular flexibility index (Phi) is 8.73. The molecule has 0 saturated heterocycles. The number of benzene rings is 3. The number of ether oxygens (including phenoxy) is 3. The molecule has 11 heteroatoms. The minimum Gasteiger partial charge on any atom is -0.495 e. The third kappa shape index (κ3) is 6.44. The molecule has 0 saturated carbocycles. The Morgan fingerprint density at radius 3 is 2.28 bits per heavy atom. The molecular weight excluding hydrogens is 509 g/mol. The first-order valence-corrected chi connectivity index (χ1v) is 11.0. The quantitative estimate of drug-likeness (QED) is 0.155. The minimum atomic E-state index is -0.671. The van der Waals surface area contributed by atoms with Crippen LogP contribution in [0.2, 0.25) is 10.0 Å². The van der Waals surface area contributed by atoms with Crippen molar-refractivity contribution in [2.45, 2.75) is 6.61 Å². The van der Waals surface area contributed by atoms with Gasteiger partial charge in [-0.05, 0) is 41.5 Å². The summed E-state index contributed by atoms with van der Waals surface area (Å²) >= 11 is 12.4. The highest BCUT2D eigenvalue weighted by Gasteiger charge is 2.16. The lowest BCUT2D eigenvalue weighted by Gasteiger charge is -2.13. The van der Waals surface area contributed by atoms with Gasteiger partial charge in [0.1, 0.15) is 35.5 Å². The van der Waals surface area contributed by atoms with Gasteiger partial charge in [-0.25, -0.2) is 0 Å². The van der Waals surface area contributed by atoms with Crippen LogP contribution in [0, 0.1) is 21.4 Å². The van der Waals surface area contributed by atoms with E-state index in [4.69, 9.17) is 37.4 Å². The lowest BCUT2D eigenvalue weighted by atomic mass is 10.1. The molecular formula is C25H19Cl2N3O6. The number of nitrogens with zero attached hydrogens (tertiary/aromatic N) is 2. The zero-order valence-electron chi connectivity index (χ0n) is 19.1. The second kappa shape index (κ2) is 11.9. The number of amides is 1. The van der Waals surface area contributed by atoms with Crippen LogP contribution in [0.4, 0.5) is 11.4 Å². The van der Waals surface area contributed by atoms with Crippen molar-refractivity contribution in [1.29, 1.82) is 5.26 Å². The lowest BCUT2D eigenvalue weighted by Crippen LogP contribution is -2.14. The molecule has 0 aliphatic heterocycles. The number of hydrogen-bond acceptors (Lipinski definition) is 7. The maximum atomic E-state index is 12.7. The molecule has 0 fully saturated rings. The Bertz CT molecular complexity index is 1370. The van der Waals surface area contributed by atoms with Crippen molar-refractivity contribution in [3.8, 4) is 23.3 Å². The molecule has 0 atom stereocenters. The predicted molar refractivity (Wildman–Crippen MR) is 136 cm³/mol. The summed E-state index contributed by atoms with van der Waals surface area (Å²) in [4.78, 5) is 23.0. The number of nitro benzene ring substituents is 1. The Labute approximate surface area is 216 Å². The number of hydrogen-bond donors (Lipinski definition) is 1. The fourth-order valence-electron chi connectivity index (χ4n) is 3.06. The molecule has 1 N–H and O–H groups in total. The maximum Gasteiger partial charge on any atom is 0.269 e. The molecule has 0 aliphatic rings. The Hall–Kier alpha value is -4.26. The largest absolute Gasteiger partial charge is 0.495 e. The van der Waals surface area contributed by atoms with Gasteiger partial charge in [0.2, 0.25) is 0 Å². The number of nitriles is 1. The number of carbonyl (C=O) groups is 1. The van der Waals surface area contributed by atoms with Crippen molar-refractivity contribution in [2.24, 2.45) is 0 Å². The molecule has 0 unspecified atom stereocenters. The van der Waals surface area contributed by atoms with Gasteiger partial charge in [0.25, 0.3) is 11.6 Å². The first-order chi connectivity index (χ1) is 17.2. The number of halogens is 2. The van der Waals surface area contributed by atoms with Crippen molar-refractivity contribution in [3.63, 3.8) is 0 Å². The van der Waals surface area contributed by atoms with E-state index in [0.717, 1.165) is 5.56 Å². The summed E-state index contributed by atoms with van der Waals surface area (Å²) in [6.07, 6.45) is 1.38. The molecule has 9 nitrogen and oxygen atoms in total. The van der Waals surface area contributed by atoms with Crippen LogP contribution in [0.15, 0.2) is 60.2 Å². The maximum absolute atomic E-state index is 12.7. The molecule has 0 aromatic heterocycles. The minimum absolute atomic E-state index is 0.0149. The van der Waals surface area contributed by atoms with E-state index in [9.17, 15) is 20.2 Å². The highest BCUT2D eigenvalue weighted by molar-refractivity contribution is 6.32. The molecule has 3 aromatic carbocycles. The van der Waals surface area contributed by atoms with Gasteiger partial charge in [0.15, 0.2) is 0 Å². The monoisotopic (exact) mass is 527 g/mol. The van der Waals surface area contributed by atoms with E-state index in [1.54, 1.807) is 30.3 Å². The van der Waals surface area contributed by atoms with Crippen molar-refractivity contribution in [2.75, 3.05) is 19.5 Å². The van der Waals surface area contributed by atoms with Crippen LogP contribution in [0.3, 0.4) is 0 Å². The summed E-state index contributed by atoms with van der Waals surface area (Å²) in [6.45, 7) is 0.144. The van der Waals surface area contributed by atoms with Gasteiger partial charge in [0, 0.05) is 24.3 Å². The standard InChI is InChI=1S/C25H19Cl2N3O6/c1-34-23-12-21(24(35-2)11-20(23)27)29-25(31)17(13-28)9-16-5-8-22(19(26)10-16)36-14-15-3-6-18(7-4-15)30(32)33/h3-12H,14H2,1-2H3,(H,29,31)/b17-9+. The summed E-state index contributed by atoms with van der Waals surface area (Å²) in [5.74, 6) is 0.318. The van der Waals surface area contributed by atoms with Gasteiger partial charge in [-0.15, -0.1) is 0 Å². The fourth-order valence-corrected chi connectivity index (χ4v) is 3.54. The number of carbonyl (C=O) groups excluding carboxylic acids is 1. The van der Waals surface area contributed by atoms with Crippen LogP contribution in [0.25, 0.3) is 6.08 Å². The van der Waals surface area contributed by atoms with Crippen LogP contribution in [-0.2, 0) is 11.4 Å². The molecule has 184 valence electrons. The molecule has 0 radical (unpaired) electrons. The average molecular weight is 528 g/mol. The van der Waals surface area contributed by atoms with Crippen LogP contribution in [0.1, 0.15) is 11.1 Å². The molecule has 36 heavy (non-hydrogen) atoms. The number of anilines is 1. The number of nitrogens with one attached hydrogen (secondary N) is 1. The zero-order chi connectivity index (χ0) is 26.2. The van der Waals surface area contributed by atoms with Crippen LogP contribution in [-0.4, -0.2) is 25.1 Å². The third-order valence-electron chi connectivity index (χ3n) is 4.90. The molecule has 1 amide bonds. The number of methoxy groups -OCH3 is 2. The first kappa shape index (κ1) is 26.3. The molecule has 3 rings (SSSR count). The van der Waals surface area contributed by atoms with Crippen molar-refractivity contribution in [1.82, 2.24) is 0 Å². The molecule has 0 aliphatic carbocycles. The van der Waals surface area contributed by atoms with Crippen molar-refractivity contribution in [3.05, 3.63) is 91.5 Å². The second-order valence-electron chi connectivity index (χ2n) is 7.21. The Morgan fingerprint density at radius 1 is 1.03 bits per heavy atom. The van der Waals surface area contributed by atoms with Crippen molar-refractivity contribution >= 4 is 46.6 Å². The summed E-state index contributed by atoms with van der Waals surface area (Å²) in [7, 11) is 2.85. The highest BCUT2D eigenvalue weighted by Crippen LogP contribution is 2.36. The third-order valence-corrected chi connectivity index (χ3v) is 5.49. The van der Waals surface area contributed by atoms with Crippen LogP contribution >= 0.6 is 23.2 Å². The summed E-state index contributed by atoms with van der Waals surface area (Å²) < 4.78 is 16.1. The van der Waals surface area contributed by atoms with E-state index in [0.29, 0.717) is 27.8 Å². The summed E-state index contributed by atoms with van der Waals surface area (Å²) in [5.41, 5.74) is 1.30. The topological polar surface area (TPSA) is 124 Å². The number of rotatable bonds is 9. The summed E-state index contributed by atoms with van der Waals surface area (Å²) in [6, 6.07) is 15.6. The predicted octanol–water partition coefficient (Wildman–Crippen LogP) is 6.04. The molecule has 0 bridgehead atoms. The summed E-state index contributed by atoms with van der Waals surface area (Å²) in [5, 5.41) is 23.5. The Balaban J connectivity index is 1.74. The van der Waals surface area contributed by atoms with Gasteiger partial charge in [0.05, 0.1) is 34.9 Å². The highest BCUT2D eigenvalue weighted by atomic mass is 35.5. The van der Waals surface area contributed by atoms with E-state index >= 15 is 0 Å². The second-order valence-corrected chi connectivity index (χ2v) is 8.03. The van der Waals surface area contributed by atoms with E-state index in [1.807, 2.05) is 6.07 Å². The van der Waals surface area contributed by atoms with Gasteiger partial charge >= 0.3 is 0 Å². The van der Waals surface area contributed by atoms with E-state index in [2.05, 4.69) is 5.32 Å². The van der Waals surface area contributed by atoms with E-state index < -0.39 is 10.8 Å². The van der Waals surface area contributed by atoms with Crippen molar-refractivity contribution < 1.29 is 23.9 Å². The van der Waals surface area contributed by atoms with E-state index in [-0.39, 0.29) is 28.6 Å². The SMILES string of the molecule is COc1cc(NC(=O)/C(C#N)=C/c2ccc(OCc3ccc([N+](=O)[O-])cc3)c(Cl)c2)c(OC)cc1Cl. The van der Waals surface area contributed by atoms with Gasteiger partial charge in [-0.1, -0.05) is 29.3 Å². The Morgan fingerprint density at radius 2 is 1.69 bits per heavy atom. The average Bonchev–Trinajstić information content (AvgIpc) is 2.87. The van der Waals surface area contributed by atoms with Gasteiger partial charge in [-0.3, -0.25) is 14.9 Å². The lowest BCUT2D eigenvalue weighted by molar-refractivity contribution is -0.384. The molecule has 0 spiro atoms. The fraction of sp³-hybridized carbons (Fsp3) is 0.120. The normalized spacial score (nSPS) is 10.8. The van der Waals surface area contributed by atoms with Crippen LogP contribution in [0.5, 0.6) is 17.2 Å². The zero-order valence-corrected chi connectivity index (χ0v) is 20.6. The number of nitro groups is 1. The number of non-ortho nitro benzene ring substituents is 1. The first-order valence-electron chi connectivity index (χ1n) is 10.3. The molecule has 0 heterocycles. The van der Waals surface area contributed by atoms with Crippen LogP contribution < -0.4 is 19.5 Å². The van der Waals surface area contributed by atoms with Gasteiger partial charge in [-0.2, -0.15) is 5.26 Å². The molecule has 3 aromatic rings. The van der Waals surface area contributed by atoms with Gasteiger partial charge < -0.3 is 19.5 Å². The van der Waals surface area contributed by atoms with E-state index in [1.165, 1.54) is 44.6 Å².